The molecule has 0 aliphatic heterocycles. The summed E-state index contributed by atoms with van der Waals surface area (Å²) in [6.45, 7) is 1.90. The summed E-state index contributed by atoms with van der Waals surface area (Å²) in [6.07, 6.45) is 1.58. The highest BCUT2D eigenvalue weighted by Crippen LogP contribution is 2.23. The lowest BCUT2D eigenvalue weighted by atomic mass is 10.1. The van der Waals surface area contributed by atoms with E-state index in [1.807, 2.05) is 37.3 Å². The Morgan fingerprint density at radius 1 is 1.06 bits per heavy atom. The van der Waals surface area contributed by atoms with Gasteiger partial charge in [0.25, 0.3) is 5.91 Å². The second-order valence-electron chi connectivity index (χ2n) is 7.58. The molecule has 8 heteroatoms. The average molecular weight is 470 g/mol. The molecule has 0 aliphatic carbocycles. The number of hydrogen-bond acceptors (Lipinski definition) is 4. The Morgan fingerprint density at radius 2 is 1.82 bits per heavy atom. The van der Waals surface area contributed by atoms with E-state index < -0.39 is 5.91 Å². The highest BCUT2D eigenvalue weighted by molar-refractivity contribution is 7.80. The van der Waals surface area contributed by atoms with E-state index in [1.165, 1.54) is 12.1 Å². The predicted octanol–water partition coefficient (Wildman–Crippen LogP) is 5.55. The van der Waals surface area contributed by atoms with E-state index in [1.54, 1.807) is 36.5 Å². The van der Waals surface area contributed by atoms with Crippen molar-refractivity contribution in [2.24, 2.45) is 0 Å². The van der Waals surface area contributed by atoms with Gasteiger partial charge in [-0.2, -0.15) is 5.26 Å². The molecule has 168 valence electrons. The predicted molar refractivity (Wildman–Crippen MR) is 135 cm³/mol. The monoisotopic (exact) mass is 469 g/mol. The number of benzene rings is 3. The zero-order chi connectivity index (χ0) is 24.1. The largest absolute Gasteiger partial charge is 0.356 e. The van der Waals surface area contributed by atoms with Crippen LogP contribution in [-0.2, 0) is 0 Å². The molecule has 0 radical (unpaired) electrons. The van der Waals surface area contributed by atoms with Crippen LogP contribution in [0.3, 0.4) is 0 Å². The van der Waals surface area contributed by atoms with E-state index in [-0.39, 0.29) is 23.1 Å². The second-order valence-corrected chi connectivity index (χ2v) is 7.99. The summed E-state index contributed by atoms with van der Waals surface area (Å²) in [4.78, 5) is 17.1. The Bertz CT molecular complexity index is 1410. The molecule has 0 saturated heterocycles. The Hall–Kier alpha value is -4.35. The van der Waals surface area contributed by atoms with Gasteiger partial charge in [0.05, 0.1) is 17.3 Å². The fourth-order valence-corrected chi connectivity index (χ4v) is 3.80. The van der Waals surface area contributed by atoms with Gasteiger partial charge in [0.15, 0.2) is 5.11 Å². The molecular weight excluding hydrogens is 449 g/mol. The minimum absolute atomic E-state index is 0.150. The maximum absolute atomic E-state index is 13.1. The molecule has 1 aromatic heterocycles. The van der Waals surface area contributed by atoms with Crippen LogP contribution in [0.5, 0.6) is 0 Å². The van der Waals surface area contributed by atoms with Crippen LogP contribution in [0.4, 0.5) is 15.8 Å². The van der Waals surface area contributed by atoms with E-state index in [0.29, 0.717) is 16.5 Å². The first kappa shape index (κ1) is 22.8. The maximum atomic E-state index is 13.1. The van der Waals surface area contributed by atoms with E-state index in [2.05, 4.69) is 27.0 Å². The molecule has 0 bridgehead atoms. The summed E-state index contributed by atoms with van der Waals surface area (Å²) >= 11 is 5.37. The molecular formula is C26H20FN5OS. The van der Waals surface area contributed by atoms with E-state index in [9.17, 15) is 14.4 Å². The zero-order valence-corrected chi connectivity index (χ0v) is 19.0. The third kappa shape index (κ3) is 5.17. The Balaban J connectivity index is 1.46. The highest BCUT2D eigenvalue weighted by atomic mass is 32.1. The molecule has 1 heterocycles. The van der Waals surface area contributed by atoms with Crippen LogP contribution in [0.2, 0.25) is 0 Å². The lowest BCUT2D eigenvalue weighted by Crippen LogP contribution is -2.30. The number of hydrogen-bond donors (Lipinski definition) is 3. The van der Waals surface area contributed by atoms with Gasteiger partial charge in [0.2, 0.25) is 0 Å². The van der Waals surface area contributed by atoms with Crippen molar-refractivity contribution >= 4 is 45.4 Å². The molecule has 0 spiro atoms. The molecule has 34 heavy (non-hydrogen) atoms. The lowest BCUT2D eigenvalue weighted by Gasteiger charge is -2.18. The van der Waals surface area contributed by atoms with Gasteiger partial charge < -0.3 is 16.0 Å². The van der Waals surface area contributed by atoms with Gasteiger partial charge in [-0.15, -0.1) is 0 Å². The van der Waals surface area contributed by atoms with E-state index >= 15 is 0 Å². The molecule has 0 aliphatic rings. The van der Waals surface area contributed by atoms with Crippen LogP contribution in [0.15, 0.2) is 79.0 Å². The number of amides is 1. The minimum atomic E-state index is -0.403. The molecule has 4 rings (SSSR count). The number of rotatable bonds is 5. The van der Waals surface area contributed by atoms with Crippen LogP contribution in [-0.4, -0.2) is 16.0 Å². The highest BCUT2D eigenvalue weighted by Gasteiger charge is 2.15. The zero-order valence-electron chi connectivity index (χ0n) is 18.2. The maximum Gasteiger partial charge on any atom is 0.274 e. The molecule has 4 aromatic rings. The molecule has 6 nitrogen and oxygen atoms in total. The van der Waals surface area contributed by atoms with Gasteiger partial charge in [0.1, 0.15) is 17.6 Å². The first-order valence-corrected chi connectivity index (χ1v) is 10.9. The van der Waals surface area contributed by atoms with Crippen molar-refractivity contribution in [3.63, 3.8) is 0 Å². The number of pyridine rings is 1. The summed E-state index contributed by atoms with van der Waals surface area (Å²) in [6, 6.07) is 22.4. The van der Waals surface area contributed by atoms with Crippen molar-refractivity contribution < 1.29 is 9.18 Å². The standard InChI is InChI=1S/C26H20FN5OS/c1-16(17-6-8-20(27)9-7-17)30-26(34)31-21-10-11-23(19(14-21)15-28)32-25(33)24-22-5-3-2-4-18(22)12-13-29-24/h2-14,16H,1H3,(H,32,33)(H2,30,31,34). The van der Waals surface area contributed by atoms with Crippen molar-refractivity contribution in [3.05, 3.63) is 102 Å². The number of nitriles is 1. The van der Waals surface area contributed by atoms with Gasteiger partial charge in [-0.1, -0.05) is 36.4 Å². The topological polar surface area (TPSA) is 89.8 Å². The smallest absolute Gasteiger partial charge is 0.274 e. The Morgan fingerprint density at radius 3 is 2.59 bits per heavy atom. The number of fused-ring (bicyclic) bond motifs is 1. The van der Waals surface area contributed by atoms with Gasteiger partial charge in [-0.3, -0.25) is 9.78 Å². The Kier molecular flexibility index (Phi) is 6.76. The van der Waals surface area contributed by atoms with Crippen molar-refractivity contribution in [3.8, 4) is 6.07 Å². The minimum Gasteiger partial charge on any atom is -0.356 e. The normalized spacial score (nSPS) is 11.3. The number of nitrogens with one attached hydrogen (secondary N) is 3. The molecule has 3 aromatic carbocycles. The van der Waals surface area contributed by atoms with Gasteiger partial charge in [0, 0.05) is 17.3 Å². The van der Waals surface area contributed by atoms with Gasteiger partial charge in [-0.05, 0) is 66.5 Å². The summed E-state index contributed by atoms with van der Waals surface area (Å²) in [7, 11) is 0. The molecule has 3 N–H and O–H groups in total. The SMILES string of the molecule is CC(NC(=S)Nc1ccc(NC(=O)c2nccc3ccccc23)c(C#N)c1)c1ccc(F)cc1. The van der Waals surface area contributed by atoms with Crippen molar-refractivity contribution in [2.45, 2.75) is 13.0 Å². The number of halogens is 1. The van der Waals surface area contributed by atoms with Crippen molar-refractivity contribution in [2.75, 3.05) is 10.6 Å². The number of carbonyl (C=O) groups excluding carboxylic acids is 1. The van der Waals surface area contributed by atoms with Crippen LogP contribution in [0, 0.1) is 17.1 Å². The van der Waals surface area contributed by atoms with Gasteiger partial charge >= 0.3 is 0 Å². The van der Waals surface area contributed by atoms with Crippen molar-refractivity contribution in [1.29, 1.82) is 5.26 Å². The second kappa shape index (κ2) is 10.1. The van der Waals surface area contributed by atoms with Crippen LogP contribution >= 0.6 is 12.2 Å². The van der Waals surface area contributed by atoms with E-state index in [4.69, 9.17) is 12.2 Å². The van der Waals surface area contributed by atoms with E-state index in [0.717, 1.165) is 16.3 Å². The number of carbonyl (C=O) groups is 1. The van der Waals surface area contributed by atoms with Gasteiger partial charge in [-0.25, -0.2) is 4.39 Å². The fraction of sp³-hybridized carbons (Fsp3) is 0.0769. The molecule has 1 unspecified atom stereocenters. The Labute approximate surface area is 201 Å². The number of thiocarbonyl (C=S) groups is 1. The fourth-order valence-electron chi connectivity index (χ4n) is 3.50. The molecule has 1 amide bonds. The lowest BCUT2D eigenvalue weighted by molar-refractivity contribution is 0.102. The number of aromatic nitrogens is 1. The van der Waals surface area contributed by atoms with Crippen LogP contribution in [0.25, 0.3) is 10.8 Å². The third-order valence-electron chi connectivity index (χ3n) is 5.25. The summed E-state index contributed by atoms with van der Waals surface area (Å²) in [5.74, 6) is -0.705. The number of nitrogens with zero attached hydrogens (tertiary/aromatic N) is 2. The summed E-state index contributed by atoms with van der Waals surface area (Å²) < 4.78 is 13.1. The first-order chi connectivity index (χ1) is 16.4. The quantitative estimate of drug-likeness (QED) is 0.332. The van der Waals surface area contributed by atoms with Crippen molar-refractivity contribution in [1.82, 2.24) is 10.3 Å². The summed E-state index contributed by atoms with van der Waals surface area (Å²) in [5.41, 5.74) is 2.38. The molecule has 0 saturated carbocycles. The van der Waals surface area contributed by atoms with Crippen LogP contribution < -0.4 is 16.0 Å². The third-order valence-corrected chi connectivity index (χ3v) is 5.47. The van der Waals surface area contributed by atoms with Crippen LogP contribution in [0.1, 0.15) is 34.6 Å². The average Bonchev–Trinajstić information content (AvgIpc) is 2.84. The molecule has 0 fully saturated rings. The first-order valence-electron chi connectivity index (χ1n) is 10.5. The molecule has 1 atom stereocenters. The summed E-state index contributed by atoms with van der Waals surface area (Å²) in [5, 5.41) is 20.5. The number of anilines is 2.